The highest BCUT2D eigenvalue weighted by atomic mass is 16.5. The van der Waals surface area contributed by atoms with Crippen LogP contribution in [-0.2, 0) is 4.74 Å². The fraction of sp³-hybridized carbons (Fsp3) is 0.667. The molecule has 1 N–H and O–H groups in total. The zero-order chi connectivity index (χ0) is 14.5. The monoisotopic (exact) mass is 289 g/mol. The van der Waals surface area contributed by atoms with Crippen molar-refractivity contribution < 1.29 is 9.47 Å². The van der Waals surface area contributed by atoms with Crippen LogP contribution in [0.15, 0.2) is 24.3 Å². The van der Waals surface area contributed by atoms with Gasteiger partial charge in [0.05, 0.1) is 12.2 Å². The van der Waals surface area contributed by atoms with E-state index >= 15 is 0 Å². The van der Waals surface area contributed by atoms with Crippen molar-refractivity contribution in [1.29, 1.82) is 0 Å². The van der Waals surface area contributed by atoms with E-state index in [0.717, 1.165) is 25.3 Å². The molecule has 116 valence electrons. The summed E-state index contributed by atoms with van der Waals surface area (Å²) in [6, 6.07) is 8.95. The molecule has 2 fully saturated rings. The number of hydrogen-bond acceptors (Lipinski definition) is 3. The topological polar surface area (TPSA) is 30.5 Å². The zero-order valence-corrected chi connectivity index (χ0v) is 13.0. The smallest absolute Gasteiger partial charge is 0.120 e. The summed E-state index contributed by atoms with van der Waals surface area (Å²) in [6.45, 7) is 4.07. The van der Waals surface area contributed by atoms with Crippen molar-refractivity contribution in [3.8, 4) is 5.75 Å². The molecule has 1 aliphatic carbocycles. The van der Waals surface area contributed by atoms with Gasteiger partial charge in [-0.25, -0.2) is 0 Å². The molecule has 1 aromatic rings. The molecule has 0 spiro atoms. The van der Waals surface area contributed by atoms with E-state index in [4.69, 9.17) is 9.47 Å². The quantitative estimate of drug-likeness (QED) is 0.827. The Bertz CT molecular complexity index is 439. The Morgan fingerprint density at radius 3 is 2.90 bits per heavy atom. The van der Waals surface area contributed by atoms with Crippen LogP contribution in [0.1, 0.15) is 57.1 Å². The van der Waals surface area contributed by atoms with Crippen LogP contribution in [0.2, 0.25) is 0 Å². The second-order valence-corrected chi connectivity index (χ2v) is 6.22. The molecule has 1 aromatic carbocycles. The molecule has 1 heterocycles. The first-order valence-corrected chi connectivity index (χ1v) is 8.46. The predicted molar refractivity (Wildman–Crippen MR) is 84.7 cm³/mol. The molecule has 2 atom stereocenters. The number of ether oxygens (including phenoxy) is 2. The molecule has 21 heavy (non-hydrogen) atoms. The van der Waals surface area contributed by atoms with Gasteiger partial charge in [-0.2, -0.15) is 0 Å². The summed E-state index contributed by atoms with van der Waals surface area (Å²) in [5.41, 5.74) is 1.32. The lowest BCUT2D eigenvalue weighted by Gasteiger charge is -2.28. The summed E-state index contributed by atoms with van der Waals surface area (Å²) in [5.74, 6) is 1.02. The summed E-state index contributed by atoms with van der Waals surface area (Å²) in [4.78, 5) is 0. The fourth-order valence-electron chi connectivity index (χ4n) is 3.02. The highest BCUT2D eigenvalue weighted by Crippen LogP contribution is 2.30. The van der Waals surface area contributed by atoms with Gasteiger partial charge in [-0.3, -0.25) is 0 Å². The molecule has 3 rings (SSSR count). The van der Waals surface area contributed by atoms with Crippen LogP contribution in [0.3, 0.4) is 0 Å². The Balaban J connectivity index is 1.66. The Morgan fingerprint density at radius 2 is 2.19 bits per heavy atom. The molecule has 1 aliphatic heterocycles. The fourth-order valence-corrected chi connectivity index (χ4v) is 3.02. The lowest BCUT2D eigenvalue weighted by molar-refractivity contribution is 0.00512. The van der Waals surface area contributed by atoms with Crippen molar-refractivity contribution in [2.45, 2.75) is 63.7 Å². The van der Waals surface area contributed by atoms with Gasteiger partial charge in [0.1, 0.15) is 5.75 Å². The third-order valence-corrected chi connectivity index (χ3v) is 4.31. The lowest BCUT2D eigenvalue weighted by atomic mass is 9.96. The van der Waals surface area contributed by atoms with Gasteiger partial charge in [-0.15, -0.1) is 0 Å². The van der Waals surface area contributed by atoms with Crippen molar-refractivity contribution in [2.75, 3.05) is 13.2 Å². The third kappa shape index (κ3) is 4.45. The highest BCUT2D eigenvalue weighted by molar-refractivity contribution is 5.31. The average Bonchev–Trinajstić information content (AvgIpc) is 3.32. The molecule has 2 unspecified atom stereocenters. The van der Waals surface area contributed by atoms with Gasteiger partial charge in [0.2, 0.25) is 0 Å². The van der Waals surface area contributed by atoms with Crippen molar-refractivity contribution in [2.24, 2.45) is 0 Å². The molecule has 1 saturated heterocycles. The normalized spacial score (nSPS) is 23.8. The molecule has 3 heteroatoms. The summed E-state index contributed by atoms with van der Waals surface area (Å²) < 4.78 is 11.8. The van der Waals surface area contributed by atoms with Crippen LogP contribution in [0.25, 0.3) is 0 Å². The van der Waals surface area contributed by atoms with Gasteiger partial charge >= 0.3 is 0 Å². The standard InChI is InChI=1S/C18H27NO2/c1-2-19-18(13-16-7-3-4-11-20-16)14-6-5-8-17(12-14)21-15-9-10-15/h5-6,8,12,15-16,18-19H,2-4,7,9-11,13H2,1H3. The predicted octanol–water partition coefficient (Wildman–Crippen LogP) is 3.84. The van der Waals surface area contributed by atoms with E-state index in [1.165, 1.54) is 37.7 Å². The Labute approximate surface area is 128 Å². The van der Waals surface area contributed by atoms with Crippen molar-refractivity contribution in [1.82, 2.24) is 5.32 Å². The third-order valence-electron chi connectivity index (χ3n) is 4.31. The van der Waals surface area contributed by atoms with Crippen LogP contribution in [0, 0.1) is 0 Å². The van der Waals surface area contributed by atoms with E-state index in [0.29, 0.717) is 18.2 Å². The second-order valence-electron chi connectivity index (χ2n) is 6.22. The summed E-state index contributed by atoms with van der Waals surface area (Å²) in [7, 11) is 0. The van der Waals surface area contributed by atoms with Crippen molar-refractivity contribution >= 4 is 0 Å². The molecular weight excluding hydrogens is 262 g/mol. The van der Waals surface area contributed by atoms with Gasteiger partial charge in [-0.05, 0) is 62.8 Å². The first kappa shape index (κ1) is 14.9. The van der Waals surface area contributed by atoms with Gasteiger partial charge in [0.15, 0.2) is 0 Å². The van der Waals surface area contributed by atoms with E-state index in [-0.39, 0.29) is 0 Å². The largest absolute Gasteiger partial charge is 0.490 e. The lowest BCUT2D eigenvalue weighted by Crippen LogP contribution is -2.28. The maximum atomic E-state index is 5.93. The first-order chi connectivity index (χ1) is 10.3. The Kier molecular flexibility index (Phi) is 5.15. The molecular formula is C18H27NO2. The molecule has 0 aromatic heterocycles. The number of rotatable bonds is 7. The maximum absolute atomic E-state index is 5.93. The number of nitrogens with one attached hydrogen (secondary N) is 1. The average molecular weight is 289 g/mol. The van der Waals surface area contributed by atoms with Gasteiger partial charge in [0, 0.05) is 12.6 Å². The molecule has 2 aliphatic rings. The minimum absolute atomic E-state index is 0.362. The SMILES string of the molecule is CCNC(CC1CCCCO1)c1cccc(OC2CC2)c1. The van der Waals surface area contributed by atoms with Crippen LogP contribution in [0.5, 0.6) is 5.75 Å². The maximum Gasteiger partial charge on any atom is 0.120 e. The summed E-state index contributed by atoms with van der Waals surface area (Å²) >= 11 is 0. The minimum atomic E-state index is 0.362. The first-order valence-electron chi connectivity index (χ1n) is 8.46. The molecule has 0 amide bonds. The summed E-state index contributed by atoms with van der Waals surface area (Å²) in [5, 5.41) is 3.61. The van der Waals surface area contributed by atoms with Crippen molar-refractivity contribution in [3.63, 3.8) is 0 Å². The van der Waals surface area contributed by atoms with Crippen LogP contribution < -0.4 is 10.1 Å². The van der Waals surface area contributed by atoms with E-state index < -0.39 is 0 Å². The van der Waals surface area contributed by atoms with E-state index in [1.54, 1.807) is 0 Å². The minimum Gasteiger partial charge on any atom is -0.490 e. The van der Waals surface area contributed by atoms with E-state index in [1.807, 2.05) is 0 Å². The number of hydrogen-bond donors (Lipinski definition) is 1. The Morgan fingerprint density at radius 1 is 1.29 bits per heavy atom. The highest BCUT2D eigenvalue weighted by Gasteiger charge is 2.24. The molecule has 0 radical (unpaired) electrons. The number of benzene rings is 1. The molecule has 3 nitrogen and oxygen atoms in total. The van der Waals surface area contributed by atoms with Gasteiger partial charge in [0.25, 0.3) is 0 Å². The van der Waals surface area contributed by atoms with E-state index in [2.05, 4.69) is 36.5 Å². The Hall–Kier alpha value is -1.06. The molecule has 1 saturated carbocycles. The summed E-state index contributed by atoms with van der Waals surface area (Å²) in [6.07, 6.45) is 8.03. The van der Waals surface area contributed by atoms with Gasteiger partial charge in [-0.1, -0.05) is 19.1 Å². The van der Waals surface area contributed by atoms with E-state index in [9.17, 15) is 0 Å². The van der Waals surface area contributed by atoms with Crippen LogP contribution in [0.4, 0.5) is 0 Å². The van der Waals surface area contributed by atoms with Crippen LogP contribution in [-0.4, -0.2) is 25.4 Å². The van der Waals surface area contributed by atoms with Gasteiger partial charge < -0.3 is 14.8 Å². The molecule has 0 bridgehead atoms. The second kappa shape index (κ2) is 7.28. The van der Waals surface area contributed by atoms with Crippen molar-refractivity contribution in [3.05, 3.63) is 29.8 Å². The van der Waals surface area contributed by atoms with Crippen LogP contribution >= 0.6 is 0 Å². The zero-order valence-electron chi connectivity index (χ0n) is 13.0.